The zero-order valence-corrected chi connectivity index (χ0v) is 16.3. The van der Waals surface area contributed by atoms with Crippen molar-refractivity contribution in [2.24, 2.45) is 0 Å². The highest BCUT2D eigenvalue weighted by Crippen LogP contribution is 2.23. The molecule has 0 spiro atoms. The molecule has 1 aromatic rings. The molecule has 0 atom stereocenters. The maximum atomic E-state index is 12.1. The minimum atomic E-state index is 0.0491. The number of urea groups is 1. The van der Waals surface area contributed by atoms with E-state index in [9.17, 15) is 4.79 Å². The largest absolute Gasteiger partial charge is 0.379 e. The Bertz CT molecular complexity index is 487. The van der Waals surface area contributed by atoms with E-state index in [1.165, 1.54) is 8.66 Å². The maximum Gasteiger partial charge on any atom is 0.317 e. The van der Waals surface area contributed by atoms with Gasteiger partial charge in [0.25, 0.3) is 0 Å². The van der Waals surface area contributed by atoms with Crippen molar-refractivity contribution in [2.75, 3.05) is 39.3 Å². The molecule has 1 saturated heterocycles. The average molecular weight is 404 g/mol. The van der Waals surface area contributed by atoms with E-state index in [0.29, 0.717) is 13.2 Å². The van der Waals surface area contributed by atoms with E-state index >= 15 is 0 Å². The first kappa shape index (κ1) is 18.7. The Morgan fingerprint density at radius 2 is 2.09 bits per heavy atom. The van der Waals surface area contributed by atoms with E-state index in [1.54, 1.807) is 11.3 Å². The summed E-state index contributed by atoms with van der Waals surface area (Å²) in [6, 6.07) is 4.30. The molecule has 0 bridgehead atoms. The molecule has 0 radical (unpaired) electrons. The van der Waals surface area contributed by atoms with Gasteiger partial charge in [0, 0.05) is 50.8 Å². The second kappa shape index (κ2) is 9.61. The first-order chi connectivity index (χ1) is 11.0. The number of amides is 2. The standard InChI is InChI=1S/C16H26BrN3O2S/c1-13(2)22-11-3-6-18-16(21)20-9-7-19(8-10-20)12-14-4-5-15(17)23-14/h4-5,13H,3,6-12H2,1-2H3,(H,18,21). The van der Waals surface area contributed by atoms with Crippen LogP contribution in [0.3, 0.4) is 0 Å². The molecule has 1 fully saturated rings. The summed E-state index contributed by atoms with van der Waals surface area (Å²) in [5.41, 5.74) is 0. The van der Waals surface area contributed by atoms with Gasteiger partial charge in [-0.3, -0.25) is 4.90 Å². The van der Waals surface area contributed by atoms with Gasteiger partial charge in [-0.2, -0.15) is 0 Å². The van der Waals surface area contributed by atoms with Crippen LogP contribution in [0.2, 0.25) is 0 Å². The monoisotopic (exact) mass is 403 g/mol. The molecule has 23 heavy (non-hydrogen) atoms. The van der Waals surface area contributed by atoms with Gasteiger partial charge in [0.1, 0.15) is 0 Å². The summed E-state index contributed by atoms with van der Waals surface area (Å²) in [6.45, 7) is 9.83. The van der Waals surface area contributed by atoms with Crippen molar-refractivity contribution >= 4 is 33.3 Å². The zero-order valence-electron chi connectivity index (χ0n) is 13.9. The lowest BCUT2D eigenvalue weighted by atomic mass is 10.3. The zero-order chi connectivity index (χ0) is 16.7. The maximum absolute atomic E-state index is 12.1. The first-order valence-corrected chi connectivity index (χ1v) is 9.76. The Hall–Kier alpha value is -0.630. The molecule has 1 aromatic heterocycles. The summed E-state index contributed by atoms with van der Waals surface area (Å²) < 4.78 is 6.64. The van der Waals surface area contributed by atoms with Gasteiger partial charge in [-0.1, -0.05) is 0 Å². The molecule has 2 amide bonds. The van der Waals surface area contributed by atoms with Gasteiger partial charge < -0.3 is 15.0 Å². The molecule has 0 saturated carbocycles. The molecule has 2 rings (SSSR count). The Morgan fingerprint density at radius 3 is 2.70 bits per heavy atom. The third-order valence-corrected chi connectivity index (χ3v) is 5.32. The SMILES string of the molecule is CC(C)OCCCNC(=O)N1CCN(Cc2ccc(Br)s2)CC1. The number of ether oxygens (including phenoxy) is 1. The number of piperazine rings is 1. The average Bonchev–Trinajstić information content (AvgIpc) is 2.92. The van der Waals surface area contributed by atoms with E-state index in [2.05, 4.69) is 38.3 Å². The van der Waals surface area contributed by atoms with Crippen molar-refractivity contribution in [3.8, 4) is 0 Å². The van der Waals surface area contributed by atoms with E-state index in [0.717, 1.165) is 39.1 Å². The van der Waals surface area contributed by atoms with Gasteiger partial charge in [0.05, 0.1) is 9.89 Å². The van der Waals surface area contributed by atoms with Crippen LogP contribution in [-0.4, -0.2) is 61.3 Å². The Kier molecular flexibility index (Phi) is 7.82. The summed E-state index contributed by atoms with van der Waals surface area (Å²) in [5.74, 6) is 0. The molecule has 0 aromatic carbocycles. The highest BCUT2D eigenvalue weighted by atomic mass is 79.9. The topological polar surface area (TPSA) is 44.8 Å². The molecule has 1 N–H and O–H groups in total. The fraction of sp³-hybridized carbons (Fsp3) is 0.688. The molecular weight excluding hydrogens is 378 g/mol. The minimum absolute atomic E-state index is 0.0491. The van der Waals surface area contributed by atoms with E-state index < -0.39 is 0 Å². The van der Waals surface area contributed by atoms with Crippen LogP contribution in [0.4, 0.5) is 4.79 Å². The van der Waals surface area contributed by atoms with Crippen LogP contribution in [-0.2, 0) is 11.3 Å². The molecule has 2 heterocycles. The first-order valence-electron chi connectivity index (χ1n) is 8.15. The summed E-state index contributed by atoms with van der Waals surface area (Å²) in [4.78, 5) is 17.8. The van der Waals surface area contributed by atoms with E-state index in [1.807, 2.05) is 18.7 Å². The van der Waals surface area contributed by atoms with Crippen molar-refractivity contribution in [3.63, 3.8) is 0 Å². The van der Waals surface area contributed by atoms with Crippen LogP contribution in [0.1, 0.15) is 25.1 Å². The third-order valence-electron chi connectivity index (χ3n) is 3.72. The number of nitrogens with zero attached hydrogens (tertiary/aromatic N) is 2. The second-order valence-corrected chi connectivity index (χ2v) is 8.52. The molecule has 1 aliphatic heterocycles. The lowest BCUT2D eigenvalue weighted by Crippen LogP contribution is -2.51. The number of carbonyl (C=O) groups is 1. The summed E-state index contributed by atoms with van der Waals surface area (Å²) in [6.07, 6.45) is 1.11. The predicted octanol–water partition coefficient (Wildman–Crippen LogP) is 3.15. The van der Waals surface area contributed by atoms with Crippen molar-refractivity contribution in [1.82, 2.24) is 15.1 Å². The molecule has 0 aliphatic carbocycles. The van der Waals surface area contributed by atoms with Crippen LogP contribution in [0, 0.1) is 0 Å². The molecule has 0 unspecified atom stereocenters. The van der Waals surface area contributed by atoms with Gasteiger partial charge >= 0.3 is 6.03 Å². The van der Waals surface area contributed by atoms with Gasteiger partial charge in [0.15, 0.2) is 0 Å². The van der Waals surface area contributed by atoms with Crippen molar-refractivity contribution in [3.05, 3.63) is 20.8 Å². The number of nitrogens with one attached hydrogen (secondary N) is 1. The molecule has 7 heteroatoms. The van der Waals surface area contributed by atoms with Crippen molar-refractivity contribution in [1.29, 1.82) is 0 Å². The number of carbonyl (C=O) groups excluding carboxylic acids is 1. The number of rotatable bonds is 7. The molecule has 130 valence electrons. The fourth-order valence-corrected chi connectivity index (χ4v) is 3.99. The summed E-state index contributed by atoms with van der Waals surface area (Å²) in [7, 11) is 0. The van der Waals surface area contributed by atoms with Gasteiger partial charge in [-0.25, -0.2) is 4.79 Å². The minimum Gasteiger partial charge on any atom is -0.379 e. The number of hydrogen-bond donors (Lipinski definition) is 1. The van der Waals surface area contributed by atoms with Crippen LogP contribution in [0.25, 0.3) is 0 Å². The van der Waals surface area contributed by atoms with Crippen molar-refractivity contribution in [2.45, 2.75) is 32.9 Å². The Balaban J connectivity index is 1.60. The highest BCUT2D eigenvalue weighted by molar-refractivity contribution is 9.11. The summed E-state index contributed by atoms with van der Waals surface area (Å²) >= 11 is 5.27. The summed E-state index contributed by atoms with van der Waals surface area (Å²) in [5, 5.41) is 2.98. The molecule has 5 nitrogen and oxygen atoms in total. The Morgan fingerprint density at radius 1 is 1.35 bits per heavy atom. The normalized spacial score (nSPS) is 16.1. The van der Waals surface area contributed by atoms with Crippen LogP contribution >= 0.6 is 27.3 Å². The van der Waals surface area contributed by atoms with Crippen LogP contribution in [0.15, 0.2) is 15.9 Å². The van der Waals surface area contributed by atoms with E-state index in [4.69, 9.17) is 4.74 Å². The molecular formula is C16H26BrN3O2S. The van der Waals surface area contributed by atoms with E-state index in [-0.39, 0.29) is 12.1 Å². The smallest absolute Gasteiger partial charge is 0.317 e. The fourth-order valence-electron chi connectivity index (χ4n) is 2.46. The lowest BCUT2D eigenvalue weighted by molar-refractivity contribution is 0.0769. The predicted molar refractivity (Wildman–Crippen MR) is 98.0 cm³/mol. The van der Waals surface area contributed by atoms with Crippen LogP contribution < -0.4 is 5.32 Å². The number of thiophene rings is 1. The molecule has 1 aliphatic rings. The van der Waals surface area contributed by atoms with Gasteiger partial charge in [-0.15, -0.1) is 11.3 Å². The number of hydrogen-bond acceptors (Lipinski definition) is 4. The third kappa shape index (κ3) is 6.79. The van der Waals surface area contributed by atoms with Crippen molar-refractivity contribution < 1.29 is 9.53 Å². The van der Waals surface area contributed by atoms with Gasteiger partial charge in [0.2, 0.25) is 0 Å². The van der Waals surface area contributed by atoms with Crippen LogP contribution in [0.5, 0.6) is 0 Å². The number of halogens is 1. The lowest BCUT2D eigenvalue weighted by Gasteiger charge is -2.34. The second-order valence-electron chi connectivity index (χ2n) is 5.97. The highest BCUT2D eigenvalue weighted by Gasteiger charge is 2.21. The van der Waals surface area contributed by atoms with Gasteiger partial charge in [-0.05, 0) is 48.3 Å². The Labute approximate surface area is 151 Å². The quantitative estimate of drug-likeness (QED) is 0.711.